The zero-order chi connectivity index (χ0) is 16.5. The summed E-state index contributed by atoms with van der Waals surface area (Å²) >= 11 is 0. The lowest BCUT2D eigenvalue weighted by molar-refractivity contribution is -0.147. The van der Waals surface area contributed by atoms with Gasteiger partial charge in [0.2, 0.25) is 0 Å². The predicted molar refractivity (Wildman–Crippen MR) is 79.0 cm³/mol. The lowest BCUT2D eigenvalue weighted by atomic mass is 10.00. The summed E-state index contributed by atoms with van der Waals surface area (Å²) in [4.78, 5) is 22.6. The standard InChI is InChI=1S/C16H22O6/c1-3-21-14(18)9-11-5-7-12(8-6-11)16(20)13(17)10-15(19)22-4-2/h5-8,13,16-17,20H,3-4,9-10H2,1-2H3. The largest absolute Gasteiger partial charge is 0.466 e. The molecule has 0 aliphatic carbocycles. The van der Waals surface area contributed by atoms with Gasteiger partial charge in [-0.15, -0.1) is 0 Å². The molecule has 1 aromatic carbocycles. The first-order chi connectivity index (χ1) is 10.5. The Labute approximate surface area is 129 Å². The quantitative estimate of drug-likeness (QED) is 0.699. The number of esters is 2. The number of aliphatic hydroxyl groups is 2. The Hall–Kier alpha value is -1.92. The van der Waals surface area contributed by atoms with Crippen LogP contribution in [0.2, 0.25) is 0 Å². The molecule has 6 heteroatoms. The van der Waals surface area contributed by atoms with E-state index in [0.717, 1.165) is 5.56 Å². The van der Waals surface area contributed by atoms with Crippen molar-refractivity contribution in [3.8, 4) is 0 Å². The monoisotopic (exact) mass is 310 g/mol. The van der Waals surface area contributed by atoms with Gasteiger partial charge in [0.1, 0.15) is 6.10 Å². The molecule has 0 radical (unpaired) electrons. The first kappa shape index (κ1) is 18.1. The number of carbonyl (C=O) groups is 2. The second-order valence-corrected chi connectivity index (χ2v) is 4.74. The summed E-state index contributed by atoms with van der Waals surface area (Å²) in [5.41, 5.74) is 1.21. The second-order valence-electron chi connectivity index (χ2n) is 4.74. The molecular formula is C16H22O6. The predicted octanol–water partition coefficient (Wildman–Crippen LogP) is 1.14. The van der Waals surface area contributed by atoms with Crippen LogP contribution in [0.3, 0.4) is 0 Å². The molecule has 2 unspecified atom stereocenters. The summed E-state index contributed by atoms with van der Waals surface area (Å²) in [6, 6.07) is 6.56. The van der Waals surface area contributed by atoms with Gasteiger partial charge >= 0.3 is 11.9 Å². The summed E-state index contributed by atoms with van der Waals surface area (Å²) in [6.45, 7) is 3.96. The van der Waals surface area contributed by atoms with E-state index in [1.165, 1.54) is 0 Å². The Balaban J connectivity index is 2.61. The first-order valence-electron chi connectivity index (χ1n) is 7.24. The van der Waals surface area contributed by atoms with Crippen molar-refractivity contribution in [3.63, 3.8) is 0 Å². The van der Waals surface area contributed by atoms with E-state index in [9.17, 15) is 19.8 Å². The molecule has 0 heterocycles. The summed E-state index contributed by atoms with van der Waals surface area (Å²) in [5.74, 6) is -0.883. The molecule has 2 atom stereocenters. The topological polar surface area (TPSA) is 93.1 Å². The average molecular weight is 310 g/mol. The normalized spacial score (nSPS) is 13.3. The van der Waals surface area contributed by atoms with Gasteiger partial charge in [0.05, 0.1) is 32.2 Å². The fourth-order valence-corrected chi connectivity index (χ4v) is 1.94. The fraction of sp³-hybridized carbons (Fsp3) is 0.500. The minimum absolute atomic E-state index is 0.148. The highest BCUT2D eigenvalue weighted by atomic mass is 16.5. The van der Waals surface area contributed by atoms with Crippen molar-refractivity contribution in [3.05, 3.63) is 35.4 Å². The molecule has 0 saturated heterocycles. The maximum atomic E-state index is 11.4. The summed E-state index contributed by atoms with van der Waals surface area (Å²) in [5, 5.41) is 19.8. The van der Waals surface area contributed by atoms with Crippen molar-refractivity contribution < 1.29 is 29.3 Å². The number of hydrogen-bond acceptors (Lipinski definition) is 6. The molecule has 122 valence electrons. The van der Waals surface area contributed by atoms with Crippen LogP contribution in [-0.2, 0) is 25.5 Å². The molecule has 6 nitrogen and oxygen atoms in total. The number of aliphatic hydroxyl groups excluding tert-OH is 2. The van der Waals surface area contributed by atoms with Gasteiger partial charge in [-0.25, -0.2) is 0 Å². The van der Waals surface area contributed by atoms with Crippen LogP contribution in [0.4, 0.5) is 0 Å². The second kappa shape index (κ2) is 9.17. The Kier molecular flexibility index (Phi) is 7.56. The third-order valence-corrected chi connectivity index (χ3v) is 3.02. The maximum Gasteiger partial charge on any atom is 0.310 e. The zero-order valence-corrected chi connectivity index (χ0v) is 12.8. The Morgan fingerprint density at radius 1 is 1.00 bits per heavy atom. The Morgan fingerprint density at radius 2 is 1.55 bits per heavy atom. The van der Waals surface area contributed by atoms with Gasteiger partial charge < -0.3 is 19.7 Å². The third kappa shape index (κ3) is 5.83. The van der Waals surface area contributed by atoms with E-state index in [-0.39, 0.29) is 25.4 Å². The molecule has 0 spiro atoms. The Morgan fingerprint density at radius 3 is 2.09 bits per heavy atom. The molecule has 1 rings (SSSR count). The molecule has 0 amide bonds. The molecule has 0 aromatic heterocycles. The van der Waals surface area contributed by atoms with Crippen LogP contribution < -0.4 is 0 Å². The molecular weight excluding hydrogens is 288 g/mol. The first-order valence-corrected chi connectivity index (χ1v) is 7.24. The average Bonchev–Trinajstić information content (AvgIpc) is 2.47. The van der Waals surface area contributed by atoms with Crippen LogP contribution in [0.5, 0.6) is 0 Å². The lowest BCUT2D eigenvalue weighted by Gasteiger charge is -2.17. The van der Waals surface area contributed by atoms with Crippen molar-refractivity contribution >= 4 is 11.9 Å². The molecule has 0 saturated carbocycles. The van der Waals surface area contributed by atoms with E-state index in [0.29, 0.717) is 12.2 Å². The molecule has 2 N–H and O–H groups in total. The summed E-state index contributed by atoms with van der Waals surface area (Å²) in [6.07, 6.45) is -2.56. The van der Waals surface area contributed by atoms with E-state index in [4.69, 9.17) is 9.47 Å². The van der Waals surface area contributed by atoms with Crippen molar-refractivity contribution in [2.75, 3.05) is 13.2 Å². The van der Waals surface area contributed by atoms with E-state index in [1.807, 2.05) is 0 Å². The molecule has 0 aliphatic heterocycles. The van der Waals surface area contributed by atoms with E-state index >= 15 is 0 Å². The van der Waals surface area contributed by atoms with E-state index in [2.05, 4.69) is 0 Å². The zero-order valence-electron chi connectivity index (χ0n) is 12.8. The van der Waals surface area contributed by atoms with Crippen LogP contribution in [-0.4, -0.2) is 41.5 Å². The van der Waals surface area contributed by atoms with Crippen LogP contribution in [0, 0.1) is 0 Å². The van der Waals surface area contributed by atoms with E-state index < -0.39 is 18.2 Å². The molecule has 0 bridgehead atoms. The molecule has 1 aromatic rings. The van der Waals surface area contributed by atoms with Gasteiger partial charge in [-0.2, -0.15) is 0 Å². The SMILES string of the molecule is CCOC(=O)Cc1ccc(C(O)C(O)CC(=O)OCC)cc1. The van der Waals surface area contributed by atoms with Gasteiger partial charge in [-0.05, 0) is 25.0 Å². The van der Waals surface area contributed by atoms with Crippen LogP contribution in [0.1, 0.15) is 37.5 Å². The number of carbonyl (C=O) groups excluding carboxylic acids is 2. The van der Waals surface area contributed by atoms with Gasteiger partial charge in [0.25, 0.3) is 0 Å². The molecule has 0 aliphatic rings. The number of benzene rings is 1. The van der Waals surface area contributed by atoms with Crippen molar-refractivity contribution in [1.29, 1.82) is 0 Å². The minimum Gasteiger partial charge on any atom is -0.466 e. The minimum atomic E-state index is -1.24. The maximum absolute atomic E-state index is 11.4. The lowest BCUT2D eigenvalue weighted by Crippen LogP contribution is -2.23. The number of ether oxygens (including phenoxy) is 2. The smallest absolute Gasteiger partial charge is 0.310 e. The summed E-state index contributed by atoms with van der Waals surface area (Å²) < 4.78 is 9.57. The van der Waals surface area contributed by atoms with E-state index in [1.54, 1.807) is 38.1 Å². The van der Waals surface area contributed by atoms with Gasteiger partial charge in [-0.3, -0.25) is 9.59 Å². The van der Waals surface area contributed by atoms with Crippen molar-refractivity contribution in [2.45, 2.75) is 38.9 Å². The van der Waals surface area contributed by atoms with Crippen LogP contribution >= 0.6 is 0 Å². The third-order valence-electron chi connectivity index (χ3n) is 3.02. The fourth-order valence-electron chi connectivity index (χ4n) is 1.94. The van der Waals surface area contributed by atoms with Gasteiger partial charge in [0, 0.05) is 0 Å². The van der Waals surface area contributed by atoms with Crippen molar-refractivity contribution in [1.82, 2.24) is 0 Å². The summed E-state index contributed by atoms with van der Waals surface area (Å²) in [7, 11) is 0. The van der Waals surface area contributed by atoms with Crippen LogP contribution in [0.25, 0.3) is 0 Å². The highest BCUT2D eigenvalue weighted by Gasteiger charge is 2.22. The molecule has 0 fully saturated rings. The highest BCUT2D eigenvalue weighted by molar-refractivity contribution is 5.72. The van der Waals surface area contributed by atoms with Crippen LogP contribution in [0.15, 0.2) is 24.3 Å². The van der Waals surface area contributed by atoms with Gasteiger partial charge in [-0.1, -0.05) is 24.3 Å². The number of rotatable bonds is 8. The van der Waals surface area contributed by atoms with Crippen molar-refractivity contribution in [2.24, 2.45) is 0 Å². The Bertz CT molecular complexity index is 482. The van der Waals surface area contributed by atoms with Gasteiger partial charge in [0.15, 0.2) is 0 Å². The highest BCUT2D eigenvalue weighted by Crippen LogP contribution is 2.20. The number of hydrogen-bond donors (Lipinski definition) is 2. The molecule has 22 heavy (non-hydrogen) atoms.